The van der Waals surface area contributed by atoms with Gasteiger partial charge in [-0.1, -0.05) is 6.07 Å². The van der Waals surface area contributed by atoms with E-state index in [0.29, 0.717) is 17.8 Å². The van der Waals surface area contributed by atoms with Crippen LogP contribution in [0.5, 0.6) is 0 Å². The van der Waals surface area contributed by atoms with Crippen molar-refractivity contribution in [3.8, 4) is 0 Å². The van der Waals surface area contributed by atoms with Gasteiger partial charge in [0.1, 0.15) is 6.04 Å². The Labute approximate surface area is 105 Å². The van der Waals surface area contributed by atoms with Crippen molar-refractivity contribution in [3.63, 3.8) is 0 Å². The van der Waals surface area contributed by atoms with Crippen LogP contribution < -0.4 is 10.6 Å². The lowest BCUT2D eigenvalue weighted by Crippen LogP contribution is -2.44. The van der Waals surface area contributed by atoms with E-state index in [4.69, 9.17) is 0 Å². The second-order valence-corrected chi connectivity index (χ2v) is 4.34. The van der Waals surface area contributed by atoms with Crippen LogP contribution in [0.3, 0.4) is 0 Å². The molecule has 0 aromatic heterocycles. The highest BCUT2D eigenvalue weighted by Crippen LogP contribution is 2.26. The van der Waals surface area contributed by atoms with Gasteiger partial charge in [-0.15, -0.1) is 0 Å². The molecule has 0 aliphatic carbocycles. The highest BCUT2D eigenvalue weighted by molar-refractivity contribution is 5.85. The average Bonchev–Trinajstić information content (AvgIpc) is 2.34. The van der Waals surface area contributed by atoms with Gasteiger partial charge >= 0.3 is 0 Å². The van der Waals surface area contributed by atoms with Gasteiger partial charge in [0.05, 0.1) is 4.92 Å². The summed E-state index contributed by atoms with van der Waals surface area (Å²) in [5.41, 5.74) is 1.27. The number of rotatable bonds is 3. The summed E-state index contributed by atoms with van der Waals surface area (Å²) >= 11 is 0. The van der Waals surface area contributed by atoms with Crippen molar-refractivity contribution >= 4 is 17.3 Å². The lowest BCUT2D eigenvalue weighted by Gasteiger charge is -2.24. The smallest absolute Gasteiger partial charge is 0.274 e. The molecule has 1 unspecified atom stereocenters. The van der Waals surface area contributed by atoms with Crippen molar-refractivity contribution in [3.05, 3.63) is 33.9 Å². The number of nitrogens with one attached hydrogen (secondary N) is 2. The quantitative estimate of drug-likeness (QED) is 0.629. The molecule has 1 amide bonds. The fraction of sp³-hybridized carbons (Fsp3) is 0.417. The van der Waals surface area contributed by atoms with Gasteiger partial charge in [0, 0.05) is 23.9 Å². The van der Waals surface area contributed by atoms with Crippen LogP contribution in [0.1, 0.15) is 18.4 Å². The highest BCUT2D eigenvalue weighted by Gasteiger charge is 2.23. The molecule has 96 valence electrons. The normalized spacial score (nSPS) is 19.2. The lowest BCUT2D eigenvalue weighted by atomic mass is 10.1. The summed E-state index contributed by atoms with van der Waals surface area (Å²) in [6.07, 6.45) is 1.66. The topological polar surface area (TPSA) is 84.3 Å². The molecule has 1 atom stereocenters. The Balaban J connectivity index is 2.21. The molecular weight excluding hydrogens is 234 g/mol. The molecule has 6 heteroatoms. The number of hydrogen-bond donors (Lipinski definition) is 2. The molecule has 1 aliphatic heterocycles. The van der Waals surface area contributed by atoms with Gasteiger partial charge < -0.3 is 10.6 Å². The zero-order valence-corrected chi connectivity index (χ0v) is 10.1. The first-order chi connectivity index (χ1) is 8.59. The van der Waals surface area contributed by atoms with Crippen LogP contribution in [-0.2, 0) is 4.79 Å². The number of carbonyl (C=O) groups is 1. The molecule has 2 N–H and O–H groups in total. The maximum atomic E-state index is 11.6. The first-order valence-electron chi connectivity index (χ1n) is 5.88. The third kappa shape index (κ3) is 2.42. The largest absolute Gasteiger partial charge is 0.373 e. The first-order valence-corrected chi connectivity index (χ1v) is 5.88. The van der Waals surface area contributed by atoms with E-state index in [1.807, 2.05) is 0 Å². The van der Waals surface area contributed by atoms with Gasteiger partial charge in [-0.05, 0) is 25.8 Å². The Kier molecular flexibility index (Phi) is 3.45. The number of amides is 1. The van der Waals surface area contributed by atoms with E-state index < -0.39 is 4.92 Å². The van der Waals surface area contributed by atoms with E-state index in [1.54, 1.807) is 19.1 Å². The monoisotopic (exact) mass is 249 g/mol. The van der Waals surface area contributed by atoms with Crippen LogP contribution >= 0.6 is 0 Å². The minimum Gasteiger partial charge on any atom is -0.373 e. The Morgan fingerprint density at radius 3 is 2.94 bits per heavy atom. The zero-order chi connectivity index (χ0) is 13.1. The second-order valence-electron chi connectivity index (χ2n) is 4.34. The number of hydrogen-bond acceptors (Lipinski definition) is 4. The lowest BCUT2D eigenvalue weighted by molar-refractivity contribution is -0.385. The Hall–Kier alpha value is -2.11. The first kappa shape index (κ1) is 12.3. The van der Waals surface area contributed by atoms with Gasteiger partial charge in [-0.3, -0.25) is 14.9 Å². The molecular formula is C12H15N3O3. The molecule has 18 heavy (non-hydrogen) atoms. The summed E-state index contributed by atoms with van der Waals surface area (Å²) in [6.45, 7) is 2.38. The van der Waals surface area contributed by atoms with Gasteiger partial charge in [-0.2, -0.15) is 0 Å². The number of anilines is 1. The van der Waals surface area contributed by atoms with Crippen molar-refractivity contribution in [2.75, 3.05) is 11.9 Å². The van der Waals surface area contributed by atoms with Gasteiger partial charge in [-0.25, -0.2) is 0 Å². The van der Waals surface area contributed by atoms with E-state index in [9.17, 15) is 14.9 Å². The van der Waals surface area contributed by atoms with E-state index in [1.165, 1.54) is 6.07 Å². The molecule has 6 nitrogen and oxygen atoms in total. The van der Waals surface area contributed by atoms with Crippen LogP contribution in [0.4, 0.5) is 11.4 Å². The van der Waals surface area contributed by atoms with E-state index >= 15 is 0 Å². The third-order valence-corrected chi connectivity index (χ3v) is 3.12. The van der Waals surface area contributed by atoms with Crippen LogP contribution in [0.15, 0.2) is 18.2 Å². The fourth-order valence-electron chi connectivity index (χ4n) is 2.08. The van der Waals surface area contributed by atoms with Gasteiger partial charge in [0.15, 0.2) is 0 Å². The predicted octanol–water partition coefficient (Wildman–Crippen LogP) is 1.59. The van der Waals surface area contributed by atoms with Gasteiger partial charge in [0.25, 0.3) is 5.69 Å². The molecule has 1 saturated heterocycles. The number of nitro benzene ring substituents is 1. The maximum Gasteiger partial charge on any atom is 0.274 e. The Morgan fingerprint density at radius 2 is 2.28 bits per heavy atom. The summed E-state index contributed by atoms with van der Waals surface area (Å²) in [5.74, 6) is -0.0489. The number of nitrogens with zero attached hydrogens (tertiary/aromatic N) is 1. The molecule has 1 fully saturated rings. The SMILES string of the molecule is Cc1c(NC2CCCNC2=O)cccc1[N+](=O)[O-]. The number of carbonyl (C=O) groups excluding carboxylic acids is 1. The summed E-state index contributed by atoms with van der Waals surface area (Å²) in [5, 5.41) is 16.7. The van der Waals surface area contributed by atoms with Crippen LogP contribution in [0, 0.1) is 17.0 Å². The van der Waals surface area contributed by atoms with E-state index in [0.717, 1.165) is 12.8 Å². The van der Waals surface area contributed by atoms with E-state index in [2.05, 4.69) is 10.6 Å². The minimum absolute atomic E-state index is 0.0489. The Morgan fingerprint density at radius 1 is 1.50 bits per heavy atom. The fourth-order valence-corrected chi connectivity index (χ4v) is 2.08. The number of piperidine rings is 1. The van der Waals surface area contributed by atoms with Crippen molar-refractivity contribution in [1.82, 2.24) is 5.32 Å². The van der Waals surface area contributed by atoms with Crippen LogP contribution in [0.2, 0.25) is 0 Å². The molecule has 0 spiro atoms. The minimum atomic E-state index is -0.415. The summed E-state index contributed by atoms with van der Waals surface area (Å²) in [6, 6.07) is 4.53. The molecule has 0 bridgehead atoms. The molecule has 1 aliphatic rings. The molecule has 2 rings (SSSR count). The van der Waals surface area contributed by atoms with Crippen molar-refractivity contribution < 1.29 is 9.72 Å². The Bertz CT molecular complexity index is 487. The highest BCUT2D eigenvalue weighted by atomic mass is 16.6. The number of nitro groups is 1. The van der Waals surface area contributed by atoms with Crippen molar-refractivity contribution in [1.29, 1.82) is 0 Å². The number of benzene rings is 1. The summed E-state index contributed by atoms with van der Waals surface area (Å²) in [4.78, 5) is 22.0. The zero-order valence-electron chi connectivity index (χ0n) is 10.1. The molecule has 0 saturated carbocycles. The standard InChI is InChI=1S/C12H15N3O3/c1-8-9(4-2-6-11(8)15(17)18)14-10-5-3-7-13-12(10)16/h2,4,6,10,14H,3,5,7H2,1H3,(H,13,16). The molecule has 0 radical (unpaired) electrons. The molecule has 1 aromatic rings. The van der Waals surface area contributed by atoms with Gasteiger partial charge in [0.2, 0.25) is 5.91 Å². The maximum absolute atomic E-state index is 11.6. The second kappa shape index (κ2) is 5.03. The molecule has 1 heterocycles. The van der Waals surface area contributed by atoms with Crippen LogP contribution in [0.25, 0.3) is 0 Å². The van der Waals surface area contributed by atoms with Crippen LogP contribution in [-0.4, -0.2) is 23.4 Å². The third-order valence-electron chi connectivity index (χ3n) is 3.12. The summed E-state index contributed by atoms with van der Waals surface area (Å²) in [7, 11) is 0. The van der Waals surface area contributed by atoms with Crippen molar-refractivity contribution in [2.45, 2.75) is 25.8 Å². The van der Waals surface area contributed by atoms with Crippen molar-refractivity contribution in [2.24, 2.45) is 0 Å². The summed E-state index contributed by atoms with van der Waals surface area (Å²) < 4.78 is 0. The average molecular weight is 249 g/mol. The van der Waals surface area contributed by atoms with E-state index in [-0.39, 0.29) is 17.6 Å². The predicted molar refractivity (Wildman–Crippen MR) is 67.5 cm³/mol. The molecule has 1 aromatic carbocycles.